The van der Waals surface area contributed by atoms with Crippen molar-refractivity contribution in [2.45, 2.75) is 32.4 Å². The highest BCUT2D eigenvalue weighted by Crippen LogP contribution is 2.25. The number of hydrogen-bond donors (Lipinski definition) is 1. The molecule has 4 nitrogen and oxygen atoms in total. The molecular weight excluding hydrogens is 296 g/mol. The van der Waals surface area contributed by atoms with Crippen LogP contribution in [0.3, 0.4) is 0 Å². The van der Waals surface area contributed by atoms with Crippen LogP contribution in [-0.2, 0) is 9.59 Å². The lowest BCUT2D eigenvalue weighted by atomic mass is 10.2. The molecule has 5 heteroatoms. The third-order valence-electron chi connectivity index (χ3n) is 2.90. The molecular formula is C13H15BrN2O2. The maximum Gasteiger partial charge on any atom is 0.252 e. The highest BCUT2D eigenvalue weighted by molar-refractivity contribution is 9.10. The molecule has 0 aromatic heterocycles. The number of nitrogens with one attached hydrogen (secondary N) is 1. The molecule has 1 aromatic carbocycles. The second-order valence-electron chi connectivity index (χ2n) is 4.58. The van der Waals surface area contributed by atoms with Crippen molar-refractivity contribution < 1.29 is 9.59 Å². The quantitative estimate of drug-likeness (QED) is 0.872. The van der Waals surface area contributed by atoms with Crippen LogP contribution in [0.4, 0.5) is 5.69 Å². The van der Waals surface area contributed by atoms with Crippen molar-refractivity contribution in [1.29, 1.82) is 0 Å². The Morgan fingerprint density at radius 2 is 2.00 bits per heavy atom. The van der Waals surface area contributed by atoms with Gasteiger partial charge in [-0.25, -0.2) is 0 Å². The number of halogens is 1. The fourth-order valence-corrected chi connectivity index (χ4v) is 2.47. The Kier molecular flexibility index (Phi) is 3.71. The van der Waals surface area contributed by atoms with Crippen LogP contribution in [0.25, 0.3) is 0 Å². The number of amides is 2. The fourth-order valence-electron chi connectivity index (χ4n) is 2.07. The van der Waals surface area contributed by atoms with Gasteiger partial charge >= 0.3 is 0 Å². The zero-order valence-corrected chi connectivity index (χ0v) is 11.9. The van der Waals surface area contributed by atoms with Gasteiger partial charge in [0.2, 0.25) is 5.91 Å². The van der Waals surface area contributed by atoms with E-state index >= 15 is 0 Å². The molecule has 1 aliphatic heterocycles. The Bertz CT molecular complexity index is 488. The minimum atomic E-state index is -0.460. The minimum absolute atomic E-state index is 0.0870. The monoisotopic (exact) mass is 310 g/mol. The molecule has 18 heavy (non-hydrogen) atoms. The van der Waals surface area contributed by atoms with E-state index in [0.717, 1.165) is 10.2 Å². The number of anilines is 1. The summed E-state index contributed by atoms with van der Waals surface area (Å²) < 4.78 is 0.883. The summed E-state index contributed by atoms with van der Waals surface area (Å²) in [7, 11) is 0. The predicted octanol–water partition coefficient (Wildman–Crippen LogP) is 2.40. The van der Waals surface area contributed by atoms with Crippen molar-refractivity contribution in [2.24, 2.45) is 0 Å². The van der Waals surface area contributed by atoms with Crippen LogP contribution in [0, 0.1) is 0 Å². The highest BCUT2D eigenvalue weighted by atomic mass is 79.9. The summed E-state index contributed by atoms with van der Waals surface area (Å²) in [5, 5.41) is 3.12. The first-order valence-corrected chi connectivity index (χ1v) is 6.67. The molecule has 2 rings (SSSR count). The molecule has 2 amide bonds. The molecule has 1 unspecified atom stereocenters. The van der Waals surface area contributed by atoms with Gasteiger partial charge in [0.1, 0.15) is 6.04 Å². The Morgan fingerprint density at radius 3 is 2.56 bits per heavy atom. The molecule has 0 spiro atoms. The topological polar surface area (TPSA) is 49.4 Å². The van der Waals surface area contributed by atoms with Gasteiger partial charge in [0.05, 0.1) is 6.42 Å². The standard InChI is InChI=1S/C13H15BrN2O2/c1-8(2)16-12(17)7-11(13(16)18)15-10-6-4-3-5-9(10)14/h3-6,8,11,15H,7H2,1-2H3. The second-order valence-corrected chi connectivity index (χ2v) is 5.43. The smallest absolute Gasteiger partial charge is 0.252 e. The van der Waals surface area contributed by atoms with Crippen LogP contribution >= 0.6 is 15.9 Å². The van der Waals surface area contributed by atoms with Crippen LogP contribution in [-0.4, -0.2) is 28.8 Å². The van der Waals surface area contributed by atoms with Crippen LogP contribution in [0.5, 0.6) is 0 Å². The van der Waals surface area contributed by atoms with Gasteiger partial charge in [-0.15, -0.1) is 0 Å². The van der Waals surface area contributed by atoms with Crippen molar-refractivity contribution in [2.75, 3.05) is 5.32 Å². The van der Waals surface area contributed by atoms with Gasteiger partial charge in [0.15, 0.2) is 0 Å². The van der Waals surface area contributed by atoms with E-state index in [1.54, 1.807) is 0 Å². The number of hydrogen-bond acceptors (Lipinski definition) is 3. The van der Waals surface area contributed by atoms with Crippen molar-refractivity contribution in [3.05, 3.63) is 28.7 Å². The molecule has 1 atom stereocenters. The van der Waals surface area contributed by atoms with Gasteiger partial charge in [0, 0.05) is 16.2 Å². The summed E-state index contributed by atoms with van der Waals surface area (Å²) >= 11 is 3.41. The summed E-state index contributed by atoms with van der Waals surface area (Å²) in [5.74, 6) is -0.259. The molecule has 1 heterocycles. The van der Waals surface area contributed by atoms with Gasteiger partial charge in [-0.3, -0.25) is 14.5 Å². The molecule has 1 aromatic rings. The average Bonchev–Trinajstić information content (AvgIpc) is 2.57. The van der Waals surface area contributed by atoms with E-state index in [2.05, 4.69) is 21.2 Å². The summed E-state index contributed by atoms with van der Waals surface area (Å²) in [6.07, 6.45) is 0.221. The van der Waals surface area contributed by atoms with Gasteiger partial charge < -0.3 is 5.32 Å². The number of rotatable bonds is 3. The van der Waals surface area contributed by atoms with Gasteiger partial charge in [-0.2, -0.15) is 0 Å². The zero-order chi connectivity index (χ0) is 13.3. The van der Waals surface area contributed by atoms with E-state index in [-0.39, 0.29) is 24.3 Å². The summed E-state index contributed by atoms with van der Waals surface area (Å²) in [5.41, 5.74) is 0.828. The van der Waals surface area contributed by atoms with Gasteiger partial charge in [0.25, 0.3) is 5.91 Å². The maximum atomic E-state index is 12.1. The van der Waals surface area contributed by atoms with Crippen LogP contribution in [0.15, 0.2) is 28.7 Å². The van der Waals surface area contributed by atoms with E-state index < -0.39 is 6.04 Å². The van der Waals surface area contributed by atoms with Crippen LogP contribution < -0.4 is 5.32 Å². The molecule has 0 saturated carbocycles. The Labute approximate surface area is 114 Å². The number of benzene rings is 1. The van der Waals surface area contributed by atoms with E-state index in [1.165, 1.54) is 4.90 Å². The molecule has 0 radical (unpaired) electrons. The molecule has 1 saturated heterocycles. The van der Waals surface area contributed by atoms with Gasteiger partial charge in [-0.05, 0) is 41.9 Å². The van der Waals surface area contributed by atoms with E-state index in [9.17, 15) is 9.59 Å². The summed E-state index contributed by atoms with van der Waals surface area (Å²) in [6.45, 7) is 3.69. The molecule has 96 valence electrons. The minimum Gasteiger partial charge on any atom is -0.372 e. The lowest BCUT2D eigenvalue weighted by molar-refractivity contribution is -0.140. The third kappa shape index (κ3) is 2.41. The largest absolute Gasteiger partial charge is 0.372 e. The van der Waals surface area contributed by atoms with E-state index in [1.807, 2.05) is 38.1 Å². The predicted molar refractivity (Wildman–Crippen MR) is 73.2 cm³/mol. The fraction of sp³-hybridized carbons (Fsp3) is 0.385. The number of para-hydroxylation sites is 1. The normalized spacial score (nSPS) is 19.8. The van der Waals surface area contributed by atoms with Crippen molar-refractivity contribution in [1.82, 2.24) is 4.90 Å². The molecule has 0 aliphatic carbocycles. The number of nitrogens with zero attached hydrogens (tertiary/aromatic N) is 1. The summed E-state index contributed by atoms with van der Waals surface area (Å²) in [6, 6.07) is 7.00. The second kappa shape index (κ2) is 5.10. The summed E-state index contributed by atoms with van der Waals surface area (Å²) in [4.78, 5) is 25.2. The lowest BCUT2D eigenvalue weighted by Crippen LogP contribution is -2.39. The maximum absolute atomic E-state index is 12.1. The number of likely N-dealkylation sites (tertiary alicyclic amines) is 1. The first kappa shape index (κ1) is 13.1. The SMILES string of the molecule is CC(C)N1C(=O)CC(Nc2ccccc2Br)C1=O. The molecule has 0 bridgehead atoms. The van der Waals surface area contributed by atoms with E-state index in [4.69, 9.17) is 0 Å². The third-order valence-corrected chi connectivity index (χ3v) is 3.59. The first-order chi connectivity index (χ1) is 8.50. The number of carbonyl (C=O) groups excluding carboxylic acids is 2. The lowest BCUT2D eigenvalue weighted by Gasteiger charge is -2.19. The van der Waals surface area contributed by atoms with Crippen molar-refractivity contribution in [3.8, 4) is 0 Å². The van der Waals surface area contributed by atoms with Gasteiger partial charge in [-0.1, -0.05) is 12.1 Å². The Balaban J connectivity index is 2.15. The van der Waals surface area contributed by atoms with E-state index in [0.29, 0.717) is 0 Å². The Morgan fingerprint density at radius 1 is 1.33 bits per heavy atom. The molecule has 1 aliphatic rings. The molecule has 1 N–H and O–H groups in total. The molecule has 1 fully saturated rings. The van der Waals surface area contributed by atoms with Crippen molar-refractivity contribution in [3.63, 3.8) is 0 Å². The number of carbonyl (C=O) groups is 2. The zero-order valence-electron chi connectivity index (χ0n) is 10.3. The van der Waals surface area contributed by atoms with Crippen LogP contribution in [0.1, 0.15) is 20.3 Å². The van der Waals surface area contributed by atoms with Crippen LogP contribution in [0.2, 0.25) is 0 Å². The average molecular weight is 311 g/mol. The first-order valence-electron chi connectivity index (χ1n) is 5.87. The van der Waals surface area contributed by atoms with Crippen molar-refractivity contribution >= 4 is 33.4 Å². The number of imide groups is 1. The highest BCUT2D eigenvalue weighted by Gasteiger charge is 2.39. The Hall–Kier alpha value is -1.36.